The maximum absolute atomic E-state index is 14.5. The molecule has 0 saturated heterocycles. The Kier molecular flexibility index (Phi) is 5.12. The molecule has 0 bridgehead atoms. The molecule has 3 heterocycles. The van der Waals surface area contributed by atoms with Crippen molar-refractivity contribution < 1.29 is 9.13 Å². The summed E-state index contributed by atoms with van der Waals surface area (Å²) in [5, 5.41) is 5.31. The number of anilines is 1. The number of fused-ring (bicyclic) bond motifs is 2. The number of aromatic nitrogens is 4. The molecular formula is C28H20FN5O. The zero-order valence-corrected chi connectivity index (χ0v) is 18.9. The van der Waals surface area contributed by atoms with Gasteiger partial charge in [0.15, 0.2) is 0 Å². The first kappa shape index (κ1) is 20.9. The highest BCUT2D eigenvalue weighted by Gasteiger charge is 2.22. The summed E-state index contributed by atoms with van der Waals surface area (Å²) in [5.41, 5.74) is 5.13. The fourth-order valence-electron chi connectivity index (χ4n) is 4.29. The van der Waals surface area contributed by atoms with Crippen LogP contribution < -0.4 is 9.64 Å². The molecule has 6 nitrogen and oxygen atoms in total. The highest BCUT2D eigenvalue weighted by Crippen LogP contribution is 2.30. The lowest BCUT2D eigenvalue weighted by atomic mass is 10.1. The summed E-state index contributed by atoms with van der Waals surface area (Å²) < 4.78 is 21.5. The Labute approximate surface area is 201 Å². The minimum absolute atomic E-state index is 0.377. The minimum atomic E-state index is -0.377. The van der Waals surface area contributed by atoms with Crippen LogP contribution in [0.15, 0.2) is 79.1 Å². The van der Waals surface area contributed by atoms with Crippen molar-refractivity contribution in [3.63, 3.8) is 0 Å². The van der Waals surface area contributed by atoms with Gasteiger partial charge in [-0.15, -0.1) is 0 Å². The fourth-order valence-corrected chi connectivity index (χ4v) is 4.29. The number of para-hydroxylation sites is 1. The van der Waals surface area contributed by atoms with Crippen molar-refractivity contribution in [1.29, 1.82) is 0 Å². The van der Waals surface area contributed by atoms with Crippen LogP contribution in [0.5, 0.6) is 5.75 Å². The third-order valence-corrected chi connectivity index (χ3v) is 6.04. The van der Waals surface area contributed by atoms with Gasteiger partial charge < -0.3 is 9.64 Å². The molecule has 0 radical (unpaired) electrons. The van der Waals surface area contributed by atoms with Gasteiger partial charge in [-0.3, -0.25) is 0 Å². The quantitative estimate of drug-likeness (QED) is 0.353. The zero-order valence-electron chi connectivity index (χ0n) is 18.9. The van der Waals surface area contributed by atoms with Crippen LogP contribution in [0.2, 0.25) is 0 Å². The van der Waals surface area contributed by atoms with Gasteiger partial charge in [0.1, 0.15) is 11.6 Å². The Morgan fingerprint density at radius 1 is 0.971 bits per heavy atom. The Hall–Kier alpha value is -4.70. The maximum atomic E-state index is 14.5. The van der Waals surface area contributed by atoms with E-state index in [2.05, 4.69) is 33.0 Å². The molecule has 35 heavy (non-hydrogen) atoms. The van der Waals surface area contributed by atoms with Crippen molar-refractivity contribution in [2.75, 3.05) is 12.0 Å². The lowest BCUT2D eigenvalue weighted by Gasteiger charge is -2.15. The normalized spacial score (nSPS) is 12.3. The first-order valence-electron chi connectivity index (χ1n) is 11.2. The van der Waals surface area contributed by atoms with E-state index >= 15 is 0 Å². The summed E-state index contributed by atoms with van der Waals surface area (Å²) in [4.78, 5) is 11.3. The lowest BCUT2D eigenvalue weighted by Crippen LogP contribution is -2.17. The Balaban J connectivity index is 1.29. The molecule has 0 spiro atoms. The molecule has 1 aliphatic heterocycles. The van der Waals surface area contributed by atoms with Crippen molar-refractivity contribution in [2.45, 2.75) is 13.1 Å². The highest BCUT2D eigenvalue weighted by atomic mass is 19.1. The van der Waals surface area contributed by atoms with Gasteiger partial charge >= 0.3 is 0 Å². The van der Waals surface area contributed by atoms with Crippen molar-refractivity contribution in [2.24, 2.45) is 0 Å². The van der Waals surface area contributed by atoms with E-state index in [4.69, 9.17) is 9.72 Å². The number of methoxy groups -OCH3 is 1. The number of hydrogen-bond donors (Lipinski definition) is 0. The molecule has 3 aromatic carbocycles. The van der Waals surface area contributed by atoms with E-state index in [0.29, 0.717) is 35.9 Å². The van der Waals surface area contributed by atoms with Crippen LogP contribution in [0.1, 0.15) is 16.7 Å². The summed E-state index contributed by atoms with van der Waals surface area (Å²) in [7, 11) is 1.66. The molecule has 0 aliphatic carbocycles. The second-order valence-electron chi connectivity index (χ2n) is 8.31. The van der Waals surface area contributed by atoms with Crippen molar-refractivity contribution in [3.8, 4) is 29.0 Å². The molecule has 0 unspecified atom stereocenters. The van der Waals surface area contributed by atoms with Crippen molar-refractivity contribution >= 4 is 16.9 Å². The van der Waals surface area contributed by atoms with Crippen LogP contribution >= 0.6 is 0 Å². The Morgan fingerprint density at radius 2 is 1.86 bits per heavy atom. The average molecular weight is 462 g/mol. The molecule has 1 aliphatic rings. The Bertz CT molecular complexity index is 1630. The van der Waals surface area contributed by atoms with Gasteiger partial charge in [-0.2, -0.15) is 9.78 Å². The van der Waals surface area contributed by atoms with Gasteiger partial charge in [0.2, 0.25) is 5.95 Å². The van der Waals surface area contributed by atoms with Crippen LogP contribution in [-0.4, -0.2) is 26.9 Å². The Morgan fingerprint density at radius 3 is 2.77 bits per heavy atom. The summed E-state index contributed by atoms with van der Waals surface area (Å²) in [6.07, 6.45) is 3.46. The summed E-state index contributed by atoms with van der Waals surface area (Å²) >= 11 is 0. The molecule has 0 amide bonds. The third kappa shape index (κ3) is 4.06. The number of hydrogen-bond acceptors (Lipinski definition) is 5. The zero-order chi connectivity index (χ0) is 23.8. The molecular weight excluding hydrogens is 441 g/mol. The topological polar surface area (TPSA) is 56.1 Å². The van der Waals surface area contributed by atoms with E-state index in [1.165, 1.54) is 23.3 Å². The summed E-state index contributed by atoms with van der Waals surface area (Å²) in [6, 6.07) is 23.4. The van der Waals surface area contributed by atoms with Gasteiger partial charge in [-0.1, -0.05) is 24.3 Å². The van der Waals surface area contributed by atoms with E-state index in [9.17, 15) is 4.39 Å². The minimum Gasteiger partial charge on any atom is -0.497 e. The molecule has 0 saturated carbocycles. The molecule has 170 valence electrons. The largest absolute Gasteiger partial charge is 0.497 e. The van der Waals surface area contributed by atoms with Crippen molar-refractivity contribution in [1.82, 2.24) is 19.7 Å². The molecule has 7 heteroatoms. The van der Waals surface area contributed by atoms with Crippen molar-refractivity contribution in [3.05, 3.63) is 102 Å². The average Bonchev–Trinajstić information content (AvgIpc) is 3.51. The maximum Gasteiger partial charge on any atom is 0.226 e. The van der Waals surface area contributed by atoms with Crippen LogP contribution in [-0.2, 0) is 13.1 Å². The number of benzene rings is 3. The first-order valence-corrected chi connectivity index (χ1v) is 11.2. The standard InChI is InChI=1S/C28H20FN5O/c1-35-25-7-6-21-17-33(18-23(21)15-25)28-30-10-8-26(32-28)22-12-19(13-24(29)14-22)9-11-34-27-5-3-2-4-20(27)16-31-34/h2-8,10,12-16H,17-18H2,1H3. The highest BCUT2D eigenvalue weighted by molar-refractivity contribution is 5.79. The first-order chi connectivity index (χ1) is 17.2. The predicted molar refractivity (Wildman–Crippen MR) is 132 cm³/mol. The fraction of sp³-hybridized carbons (Fsp3) is 0.107. The monoisotopic (exact) mass is 461 g/mol. The molecule has 2 aromatic heterocycles. The lowest BCUT2D eigenvalue weighted by molar-refractivity contribution is 0.414. The smallest absolute Gasteiger partial charge is 0.226 e. The van der Waals surface area contributed by atoms with Crippen LogP contribution in [0.4, 0.5) is 10.3 Å². The predicted octanol–water partition coefficient (Wildman–Crippen LogP) is 5.02. The molecule has 0 atom stereocenters. The van der Waals surface area contributed by atoms with E-state index in [1.54, 1.807) is 30.3 Å². The van der Waals surface area contributed by atoms with E-state index in [1.807, 2.05) is 42.5 Å². The number of ether oxygens (including phenoxy) is 1. The third-order valence-electron chi connectivity index (χ3n) is 6.04. The summed E-state index contributed by atoms with van der Waals surface area (Å²) in [6.45, 7) is 1.40. The van der Waals surface area contributed by atoms with E-state index < -0.39 is 0 Å². The van der Waals surface area contributed by atoms with E-state index in [-0.39, 0.29) is 5.82 Å². The second-order valence-corrected chi connectivity index (χ2v) is 8.31. The SMILES string of the molecule is COc1ccc2c(c1)CN(c1nccc(-c3cc(F)cc(C#Cn4ncc5ccccc54)c3)n1)C2. The number of nitrogens with zero attached hydrogens (tertiary/aromatic N) is 5. The van der Waals surface area contributed by atoms with Gasteiger partial charge in [0.05, 0.1) is 24.5 Å². The van der Waals surface area contributed by atoms with Gasteiger partial charge in [-0.05, 0) is 59.5 Å². The molecule has 0 fully saturated rings. The van der Waals surface area contributed by atoms with Gasteiger partial charge in [0.25, 0.3) is 0 Å². The number of rotatable bonds is 3. The van der Waals surface area contributed by atoms with Crippen LogP contribution in [0.25, 0.3) is 22.2 Å². The van der Waals surface area contributed by atoms with Gasteiger partial charge in [-0.25, -0.2) is 14.4 Å². The molecule has 0 N–H and O–H groups in total. The van der Waals surface area contributed by atoms with Gasteiger partial charge in [0, 0.05) is 41.8 Å². The summed E-state index contributed by atoms with van der Waals surface area (Å²) in [5.74, 6) is 4.08. The molecule has 5 aromatic rings. The van der Waals surface area contributed by atoms with Crippen LogP contribution in [0.3, 0.4) is 0 Å². The number of halogens is 1. The van der Waals surface area contributed by atoms with E-state index in [0.717, 1.165) is 16.7 Å². The van der Waals surface area contributed by atoms with Crippen LogP contribution in [0, 0.1) is 17.8 Å². The second kappa shape index (κ2) is 8.58. The molecule has 6 rings (SSSR count).